The highest BCUT2D eigenvalue weighted by Crippen LogP contribution is 2.57. The first-order valence-corrected chi connectivity index (χ1v) is 11.4. The van der Waals surface area contributed by atoms with Gasteiger partial charge in [-0.2, -0.15) is 8.97 Å². The van der Waals surface area contributed by atoms with Crippen molar-refractivity contribution in [1.82, 2.24) is 4.40 Å². The van der Waals surface area contributed by atoms with Crippen LogP contribution in [0.5, 0.6) is 11.5 Å². The number of pyridine rings is 2. The van der Waals surface area contributed by atoms with Crippen LogP contribution >= 0.6 is 0 Å². The molecule has 1 spiro atoms. The van der Waals surface area contributed by atoms with Crippen LogP contribution in [-0.4, -0.2) is 4.40 Å². The molecule has 0 amide bonds. The third kappa shape index (κ3) is 1.33. The molecule has 0 saturated heterocycles. The van der Waals surface area contributed by atoms with Crippen molar-refractivity contribution < 1.29 is 13.9 Å². The van der Waals surface area contributed by atoms with Gasteiger partial charge < -0.3 is 4.74 Å². The average molecular weight is 421 g/mol. The van der Waals surface area contributed by atoms with Crippen LogP contribution in [0, 0.1) is 0 Å². The van der Waals surface area contributed by atoms with E-state index in [0.29, 0.717) is 0 Å². The van der Waals surface area contributed by atoms with Crippen LogP contribution in [-0.2, 0) is 5.66 Å². The van der Waals surface area contributed by atoms with Gasteiger partial charge in [0.1, 0.15) is 40.5 Å². The van der Waals surface area contributed by atoms with E-state index < -0.39 is 5.66 Å². The number of rotatable bonds is 0. The quantitative estimate of drug-likeness (QED) is 0.245. The van der Waals surface area contributed by atoms with Crippen LogP contribution in [0.4, 0.5) is 0 Å². The van der Waals surface area contributed by atoms with Gasteiger partial charge >= 0.3 is 11.3 Å². The van der Waals surface area contributed by atoms with Crippen LogP contribution in [0.15, 0.2) is 91.4 Å². The molecule has 4 nitrogen and oxygen atoms in total. The molecule has 150 valence electrons. The molecule has 10 rings (SSSR count). The molecule has 6 heterocycles. The molecule has 4 aromatic carbocycles. The van der Waals surface area contributed by atoms with Gasteiger partial charge in [0, 0.05) is 22.2 Å². The van der Waals surface area contributed by atoms with Crippen molar-refractivity contribution in [2.24, 2.45) is 0 Å². The summed E-state index contributed by atoms with van der Waals surface area (Å²) in [6.45, 7) is 0. The smallest absolute Gasteiger partial charge is 0.371 e. The summed E-state index contributed by atoms with van der Waals surface area (Å²) in [6, 6.07) is 26.4. The van der Waals surface area contributed by atoms with Crippen LogP contribution in [0.2, 0.25) is 0 Å². The fourth-order valence-electron chi connectivity index (χ4n) is 7.11. The molecule has 0 aliphatic carbocycles. The first-order valence-electron chi connectivity index (χ1n) is 11.4. The van der Waals surface area contributed by atoms with E-state index in [0.717, 1.165) is 11.5 Å². The molecular formula is C29H15N3O+2. The van der Waals surface area contributed by atoms with Crippen molar-refractivity contribution in [2.75, 3.05) is 0 Å². The van der Waals surface area contributed by atoms with Gasteiger partial charge in [-0.3, -0.25) is 0 Å². The zero-order valence-corrected chi connectivity index (χ0v) is 17.4. The number of hydrogen-bond acceptors (Lipinski definition) is 1. The minimum atomic E-state index is -0.487. The minimum Gasteiger partial charge on any atom is -0.456 e. The van der Waals surface area contributed by atoms with Crippen molar-refractivity contribution in [3.05, 3.63) is 103 Å². The van der Waals surface area contributed by atoms with E-state index in [1.165, 1.54) is 60.1 Å². The molecule has 1 unspecified atom stereocenters. The van der Waals surface area contributed by atoms with E-state index in [9.17, 15) is 0 Å². The molecule has 4 heteroatoms. The predicted molar refractivity (Wildman–Crippen MR) is 126 cm³/mol. The highest BCUT2D eigenvalue weighted by Gasteiger charge is 2.67. The Morgan fingerprint density at radius 3 is 2.45 bits per heavy atom. The van der Waals surface area contributed by atoms with E-state index >= 15 is 0 Å². The second-order valence-corrected chi connectivity index (χ2v) is 9.43. The molecular weight excluding hydrogens is 406 g/mol. The maximum Gasteiger partial charge on any atom is 0.371 e. The highest BCUT2D eigenvalue weighted by molar-refractivity contribution is 6.16. The Balaban J connectivity index is 1.59. The lowest BCUT2D eigenvalue weighted by atomic mass is 9.85. The molecule has 3 aliphatic rings. The van der Waals surface area contributed by atoms with Gasteiger partial charge in [-0.25, -0.2) is 0 Å². The fraction of sp³-hybridized carbons (Fsp3) is 0.0345. The Bertz CT molecular complexity index is 2120. The van der Waals surface area contributed by atoms with Crippen molar-refractivity contribution in [2.45, 2.75) is 5.66 Å². The monoisotopic (exact) mass is 421 g/mol. The predicted octanol–water partition coefficient (Wildman–Crippen LogP) is 5.16. The maximum atomic E-state index is 6.65. The first kappa shape index (κ1) is 15.4. The third-order valence-corrected chi connectivity index (χ3v) is 8.18. The summed E-state index contributed by atoms with van der Waals surface area (Å²) in [6.07, 6.45) is 6.73. The molecule has 0 fully saturated rings. The summed E-state index contributed by atoms with van der Waals surface area (Å²) in [5.74, 6) is 1.90. The topological polar surface area (TPSA) is 21.4 Å². The molecule has 0 radical (unpaired) electrons. The average Bonchev–Trinajstić information content (AvgIpc) is 3.53. The largest absolute Gasteiger partial charge is 0.456 e. The first-order chi connectivity index (χ1) is 16.4. The van der Waals surface area contributed by atoms with Crippen molar-refractivity contribution in [3.8, 4) is 11.5 Å². The summed E-state index contributed by atoms with van der Waals surface area (Å²) < 4.78 is 14.0. The summed E-state index contributed by atoms with van der Waals surface area (Å²) in [4.78, 5) is 0. The number of fused-ring (bicyclic) bond motifs is 3. The van der Waals surface area contributed by atoms with Crippen LogP contribution in [0.3, 0.4) is 0 Å². The number of hydrogen-bond donors (Lipinski definition) is 0. The molecule has 0 bridgehead atoms. The van der Waals surface area contributed by atoms with Crippen LogP contribution in [0.25, 0.3) is 49.0 Å². The Morgan fingerprint density at radius 1 is 0.667 bits per heavy atom. The van der Waals surface area contributed by atoms with Crippen LogP contribution < -0.4 is 13.9 Å². The number of benzene rings is 4. The number of nitrogens with zero attached hydrogens (tertiary/aromatic N) is 3. The minimum absolute atomic E-state index is 0.487. The van der Waals surface area contributed by atoms with Gasteiger partial charge in [-0.15, -0.1) is 4.57 Å². The molecule has 33 heavy (non-hydrogen) atoms. The molecule has 3 aromatic heterocycles. The molecule has 0 saturated carbocycles. The Labute approximate surface area is 187 Å². The van der Waals surface area contributed by atoms with Gasteiger partial charge in [0.05, 0.1) is 10.8 Å². The number of para-hydroxylation sites is 1. The summed E-state index contributed by atoms with van der Waals surface area (Å²) in [7, 11) is 0. The van der Waals surface area contributed by atoms with E-state index in [4.69, 9.17) is 4.74 Å². The van der Waals surface area contributed by atoms with Crippen LogP contribution in [0.1, 0.15) is 11.1 Å². The lowest BCUT2D eigenvalue weighted by Gasteiger charge is -2.28. The van der Waals surface area contributed by atoms with E-state index in [1.807, 2.05) is 0 Å². The standard InChI is InChI=1S/C29H15N3O/c1-2-6-20-18(5-1)19-10-12-22-26-24(19)28-30(20)14-15-32(28)29(26)25-21(33-22)11-9-16-7-8-17-4-3-13-31(29)27(17)23(16)25/h1-15H/q+2. The normalized spacial score (nSPS) is 18.7. The second-order valence-electron chi connectivity index (χ2n) is 9.43. The zero-order valence-electron chi connectivity index (χ0n) is 17.4. The van der Waals surface area contributed by atoms with Gasteiger partial charge in [0.15, 0.2) is 6.20 Å². The number of imidazole rings is 1. The van der Waals surface area contributed by atoms with Crippen molar-refractivity contribution in [1.29, 1.82) is 0 Å². The molecule has 3 aliphatic heterocycles. The molecule has 1 atom stereocenters. The number of ether oxygens (including phenoxy) is 1. The summed E-state index contributed by atoms with van der Waals surface area (Å²) in [5.41, 5.74) is 5.77. The summed E-state index contributed by atoms with van der Waals surface area (Å²) in [5, 5.41) is 7.66. The molecule has 0 N–H and O–H groups in total. The SMILES string of the molecule is c1ccc2c(c1)c1ccc3c4c1c1n2cc[n+]1C41c2c(ccc4ccc5ccc[n+]1c5c24)O3. The lowest BCUT2D eigenvalue weighted by Crippen LogP contribution is -2.71. The second kappa shape index (κ2) is 4.52. The summed E-state index contributed by atoms with van der Waals surface area (Å²) >= 11 is 0. The van der Waals surface area contributed by atoms with Gasteiger partial charge in [0.2, 0.25) is 5.52 Å². The van der Waals surface area contributed by atoms with Gasteiger partial charge in [0.25, 0.3) is 0 Å². The Kier molecular flexibility index (Phi) is 2.11. The van der Waals surface area contributed by atoms with E-state index in [-0.39, 0.29) is 0 Å². The fourth-order valence-corrected chi connectivity index (χ4v) is 7.11. The Morgan fingerprint density at radius 2 is 1.48 bits per heavy atom. The highest BCUT2D eigenvalue weighted by atomic mass is 16.5. The molecule has 7 aromatic rings. The third-order valence-electron chi connectivity index (χ3n) is 8.18. The van der Waals surface area contributed by atoms with Crippen molar-refractivity contribution in [3.63, 3.8) is 0 Å². The van der Waals surface area contributed by atoms with Gasteiger partial charge in [-0.05, 0) is 41.8 Å². The number of aromatic nitrogens is 3. The van der Waals surface area contributed by atoms with Gasteiger partial charge in [-0.1, -0.05) is 30.3 Å². The Hall–Kier alpha value is -4.44. The van der Waals surface area contributed by atoms with Crippen molar-refractivity contribution >= 4 is 49.0 Å². The zero-order chi connectivity index (χ0) is 21.1. The van der Waals surface area contributed by atoms with E-state index in [2.05, 4.69) is 105 Å². The maximum absolute atomic E-state index is 6.65. The lowest BCUT2D eigenvalue weighted by molar-refractivity contribution is -0.944. The van der Waals surface area contributed by atoms with E-state index in [1.54, 1.807) is 0 Å².